The maximum Gasteiger partial charge on any atom is 0.336 e. The van der Waals surface area contributed by atoms with E-state index >= 15 is 0 Å². The van der Waals surface area contributed by atoms with Crippen molar-refractivity contribution in [3.05, 3.63) is 47.2 Å². The first-order valence-corrected chi connectivity index (χ1v) is 10.7. The minimum atomic E-state index is -2.74. The summed E-state index contributed by atoms with van der Waals surface area (Å²) in [7, 11) is 0. The van der Waals surface area contributed by atoms with Crippen molar-refractivity contribution in [2.24, 2.45) is 11.7 Å². The topological polar surface area (TPSA) is 185 Å². The van der Waals surface area contributed by atoms with Gasteiger partial charge in [0.25, 0.3) is 0 Å². The van der Waals surface area contributed by atoms with Crippen LogP contribution in [0.2, 0.25) is 0 Å². The Kier molecular flexibility index (Phi) is 8.21. The average Bonchev–Trinajstić information content (AvgIpc) is 3.45. The van der Waals surface area contributed by atoms with E-state index in [9.17, 15) is 23.2 Å². The zero-order valence-corrected chi connectivity index (χ0v) is 19.0. The molecule has 0 atom stereocenters. The number of nitrogens with two attached hydrogens (primary N) is 1. The lowest BCUT2D eigenvalue weighted by Crippen LogP contribution is -2.42. The summed E-state index contributed by atoms with van der Waals surface area (Å²) in [6, 6.07) is 3.64. The molecule has 1 aromatic heterocycles. The molecule has 13 heteroatoms. The van der Waals surface area contributed by atoms with Gasteiger partial charge in [0.15, 0.2) is 5.60 Å². The monoisotopic (exact) mass is 517 g/mol. The van der Waals surface area contributed by atoms with Crippen molar-refractivity contribution in [2.45, 2.75) is 63.7 Å². The lowest BCUT2D eigenvalue weighted by atomic mass is 9.96. The quantitative estimate of drug-likeness (QED) is 0.296. The average molecular weight is 518 g/mol. The highest BCUT2D eigenvalue weighted by Gasteiger charge is 2.40. The van der Waals surface area contributed by atoms with Gasteiger partial charge in [0.2, 0.25) is 5.88 Å². The van der Waals surface area contributed by atoms with E-state index in [2.05, 4.69) is 5.10 Å². The van der Waals surface area contributed by atoms with Crippen molar-refractivity contribution >= 4 is 17.9 Å². The molecule has 0 spiro atoms. The van der Waals surface area contributed by atoms with Crippen LogP contribution in [0.4, 0.5) is 8.78 Å². The molecule has 1 aliphatic rings. The van der Waals surface area contributed by atoms with E-state index in [0.29, 0.717) is 12.5 Å². The summed E-state index contributed by atoms with van der Waals surface area (Å²) >= 11 is 0. The molecule has 0 amide bonds. The van der Waals surface area contributed by atoms with Gasteiger partial charge in [-0.25, -0.2) is 18.3 Å². The summed E-state index contributed by atoms with van der Waals surface area (Å²) in [6.45, 7) is -4.51. The van der Waals surface area contributed by atoms with Crippen molar-refractivity contribution in [1.29, 1.82) is 0 Å². The molecular weight excluding hydrogens is 484 g/mol. The smallest absolute Gasteiger partial charge is 0.336 e. The van der Waals surface area contributed by atoms with Gasteiger partial charge in [0, 0.05) is 27.4 Å². The Hall–Kier alpha value is -3.58. The Bertz CT molecular complexity index is 1220. The number of hydrogen-bond donors (Lipinski definition) is 5. The number of benzene rings is 1. The molecule has 0 radical (unpaired) electrons. The molecule has 1 aliphatic carbocycles. The largest absolute Gasteiger partial charge is 0.481 e. The number of aliphatic carboxylic acids is 3. The number of rotatable bonds is 11. The standard InChI is InChI=1S/C17H21F2N3O.C6H8O7/c18-14-5-6-16(19)13(7-14)11-23-17-8-15(9-20)21-22(17)10-12-3-1-2-4-12;7-3(8)1-6(13,5(11)12)2-4(9)10/h5-8,12H,1-4,9-11,20H2;13H,1-2H2,(H,7,8)(H,9,10)(H,11,12)/i9D2,11D2;. The van der Waals surface area contributed by atoms with Crippen LogP contribution in [0, 0.1) is 17.6 Å². The van der Waals surface area contributed by atoms with E-state index in [1.165, 1.54) is 10.7 Å². The van der Waals surface area contributed by atoms with Crippen LogP contribution < -0.4 is 10.5 Å². The fourth-order valence-electron chi connectivity index (χ4n) is 3.52. The molecule has 0 bridgehead atoms. The first kappa shape index (κ1) is 22.9. The van der Waals surface area contributed by atoms with Crippen LogP contribution in [0.1, 0.15) is 55.3 Å². The predicted octanol–water partition coefficient (Wildman–Crippen LogP) is 2.14. The Morgan fingerprint density at radius 1 is 1.14 bits per heavy atom. The van der Waals surface area contributed by atoms with Crippen molar-refractivity contribution in [1.82, 2.24) is 9.78 Å². The molecule has 2 aromatic rings. The molecule has 1 heterocycles. The van der Waals surface area contributed by atoms with Gasteiger partial charge in [-0.1, -0.05) is 12.8 Å². The minimum Gasteiger partial charge on any atom is -0.481 e. The number of carboxylic acids is 3. The molecular formula is C23H29F2N3O8. The van der Waals surface area contributed by atoms with Crippen LogP contribution in [-0.4, -0.2) is 53.7 Å². The minimum absolute atomic E-state index is 0.0834. The SMILES string of the molecule is O=C(O)CC(O)(CC(=O)O)C(=O)O.[2H]C([2H])(N)c1cc(OC([2H])([2H])c2cc(F)ccc2F)n(CC2CCCC2)n1. The maximum atomic E-state index is 14.0. The van der Waals surface area contributed by atoms with Gasteiger partial charge >= 0.3 is 17.9 Å². The lowest BCUT2D eigenvalue weighted by molar-refractivity contribution is -0.170. The summed E-state index contributed by atoms with van der Waals surface area (Å²) in [5.41, 5.74) is 2.02. The highest BCUT2D eigenvalue weighted by molar-refractivity contribution is 5.88. The van der Waals surface area contributed by atoms with Crippen LogP contribution in [0.15, 0.2) is 24.3 Å². The molecule has 1 fully saturated rings. The number of carbonyl (C=O) groups is 3. The molecule has 198 valence electrons. The van der Waals surface area contributed by atoms with Crippen molar-refractivity contribution < 1.29 is 53.8 Å². The predicted molar refractivity (Wildman–Crippen MR) is 120 cm³/mol. The molecule has 1 saturated carbocycles. The first-order valence-electron chi connectivity index (χ1n) is 12.7. The molecule has 6 N–H and O–H groups in total. The van der Waals surface area contributed by atoms with Gasteiger partial charge in [0.1, 0.15) is 18.2 Å². The van der Waals surface area contributed by atoms with E-state index < -0.39 is 66.6 Å². The Labute approximate surface area is 210 Å². The number of carboxylic acid groups (broad SMARTS) is 3. The lowest BCUT2D eigenvalue weighted by Gasteiger charge is -2.18. The maximum absolute atomic E-state index is 14.0. The third-order valence-electron chi connectivity index (χ3n) is 5.28. The van der Waals surface area contributed by atoms with Gasteiger partial charge in [-0.3, -0.25) is 9.59 Å². The molecule has 0 aliphatic heterocycles. The van der Waals surface area contributed by atoms with Gasteiger partial charge in [-0.2, -0.15) is 5.10 Å². The summed E-state index contributed by atoms with van der Waals surface area (Å²) in [6.07, 6.45) is 1.85. The second kappa shape index (κ2) is 12.9. The molecule has 11 nitrogen and oxygen atoms in total. The number of halogens is 2. The van der Waals surface area contributed by atoms with Crippen molar-refractivity contribution in [3.63, 3.8) is 0 Å². The van der Waals surface area contributed by atoms with E-state index in [4.69, 9.17) is 36.4 Å². The second-order valence-electron chi connectivity index (χ2n) is 8.15. The molecule has 3 rings (SSSR count). The van der Waals surface area contributed by atoms with Crippen LogP contribution in [0.5, 0.6) is 5.88 Å². The van der Waals surface area contributed by atoms with E-state index in [1.54, 1.807) is 0 Å². The number of hydrogen-bond acceptors (Lipinski definition) is 7. The van der Waals surface area contributed by atoms with Gasteiger partial charge < -0.3 is 30.9 Å². The van der Waals surface area contributed by atoms with Crippen LogP contribution in [0.3, 0.4) is 0 Å². The zero-order chi connectivity index (χ0) is 30.5. The third kappa shape index (κ3) is 8.57. The van der Waals surface area contributed by atoms with E-state index in [0.717, 1.165) is 43.9 Å². The summed E-state index contributed by atoms with van der Waals surface area (Å²) in [5.74, 6) is -6.54. The van der Waals surface area contributed by atoms with Gasteiger partial charge in [0.05, 0.1) is 21.3 Å². The first-order chi connectivity index (χ1) is 18.3. The van der Waals surface area contributed by atoms with Crippen molar-refractivity contribution in [3.8, 4) is 5.88 Å². The van der Waals surface area contributed by atoms with Crippen LogP contribution in [0.25, 0.3) is 0 Å². The Balaban J connectivity index is 0.000000366. The Morgan fingerprint density at radius 2 is 1.75 bits per heavy atom. The molecule has 0 unspecified atom stereocenters. The molecule has 1 aromatic carbocycles. The van der Waals surface area contributed by atoms with E-state index in [-0.39, 0.29) is 11.6 Å². The number of aromatic nitrogens is 2. The highest BCUT2D eigenvalue weighted by atomic mass is 19.1. The normalized spacial score (nSPS) is 16.1. The zero-order valence-electron chi connectivity index (χ0n) is 23.0. The number of ether oxygens (including phenoxy) is 1. The summed E-state index contributed by atoms with van der Waals surface area (Å²) in [4.78, 5) is 30.5. The van der Waals surface area contributed by atoms with E-state index in [1.807, 2.05) is 0 Å². The van der Waals surface area contributed by atoms with Crippen LogP contribution >= 0.6 is 0 Å². The molecule has 36 heavy (non-hydrogen) atoms. The fourth-order valence-corrected chi connectivity index (χ4v) is 3.52. The highest BCUT2D eigenvalue weighted by Crippen LogP contribution is 2.28. The summed E-state index contributed by atoms with van der Waals surface area (Å²) in [5, 5.41) is 37.9. The van der Waals surface area contributed by atoms with Gasteiger partial charge in [-0.05, 0) is 37.0 Å². The Morgan fingerprint density at radius 3 is 2.28 bits per heavy atom. The van der Waals surface area contributed by atoms with Gasteiger partial charge in [-0.15, -0.1) is 0 Å². The van der Waals surface area contributed by atoms with Crippen molar-refractivity contribution in [2.75, 3.05) is 0 Å². The fraction of sp³-hybridized carbons (Fsp3) is 0.478. The van der Waals surface area contributed by atoms with Crippen LogP contribution in [-0.2, 0) is 34.0 Å². The molecule has 0 saturated heterocycles. The summed E-state index contributed by atoms with van der Waals surface area (Å²) < 4.78 is 65.5. The number of aliphatic hydroxyl groups is 1. The second-order valence-corrected chi connectivity index (χ2v) is 8.15. The number of nitrogens with zero attached hydrogens (tertiary/aromatic N) is 2. The third-order valence-corrected chi connectivity index (χ3v) is 5.28.